The van der Waals surface area contributed by atoms with Crippen molar-refractivity contribution < 1.29 is 22.1 Å². The molecule has 0 atom stereocenters. The molecule has 0 aliphatic carbocycles. The summed E-state index contributed by atoms with van der Waals surface area (Å²) in [6, 6.07) is 0. The first kappa shape index (κ1) is 19.5. The summed E-state index contributed by atoms with van der Waals surface area (Å²) in [7, 11) is -3.41. The van der Waals surface area contributed by atoms with Gasteiger partial charge in [-0.05, 0) is 13.3 Å². The van der Waals surface area contributed by atoms with Gasteiger partial charge in [0, 0.05) is 12.0 Å². The first-order chi connectivity index (χ1) is 7.39. The average Bonchev–Trinajstić information content (AvgIpc) is 2.16. The minimum absolute atomic E-state index is 0. The molecule has 17 heavy (non-hydrogen) atoms. The molecule has 0 bridgehead atoms. The molecule has 0 aromatic heterocycles. The van der Waals surface area contributed by atoms with Gasteiger partial charge in [0.25, 0.3) is 10.1 Å². The van der Waals surface area contributed by atoms with Crippen molar-refractivity contribution in [1.82, 2.24) is 0 Å². The van der Waals surface area contributed by atoms with Crippen molar-refractivity contribution in [3.05, 3.63) is 12.2 Å². The van der Waals surface area contributed by atoms with Gasteiger partial charge in [0.15, 0.2) is 0 Å². The van der Waals surface area contributed by atoms with E-state index in [1.54, 1.807) is 13.8 Å². The molecule has 0 amide bonds. The van der Waals surface area contributed by atoms with Gasteiger partial charge < -0.3 is 4.74 Å². The van der Waals surface area contributed by atoms with Crippen molar-refractivity contribution in [2.24, 2.45) is 0 Å². The van der Waals surface area contributed by atoms with E-state index < -0.39 is 16.1 Å². The Hall–Kier alpha value is 0.120. The molecule has 0 saturated carbocycles. The zero-order chi connectivity index (χ0) is 12.6. The predicted octanol–water partition coefficient (Wildman–Crippen LogP) is 0.604. The van der Waals surface area contributed by atoms with Crippen LogP contribution in [0.3, 0.4) is 0 Å². The molecular weight excluding hydrogens is 255 g/mol. The van der Waals surface area contributed by atoms with Crippen LogP contribution in [-0.4, -0.2) is 62.9 Å². The second-order valence-electron chi connectivity index (χ2n) is 3.35. The zero-order valence-corrected chi connectivity index (χ0v) is 10.5. The standard InChI is InChI=1S/C10H18O5S.Na.H/c1-4-8-16(12,13)15-7-5-6-14-10(11)9(2)3;;/h2,4-8H2,1,3H3;;. The summed E-state index contributed by atoms with van der Waals surface area (Å²) in [6.07, 6.45) is 0.870. The molecule has 0 aliphatic rings. The van der Waals surface area contributed by atoms with E-state index in [1.807, 2.05) is 0 Å². The second kappa shape index (κ2) is 10.1. The van der Waals surface area contributed by atoms with Crippen LogP contribution < -0.4 is 0 Å². The topological polar surface area (TPSA) is 69.7 Å². The number of esters is 1. The van der Waals surface area contributed by atoms with E-state index in [4.69, 9.17) is 4.74 Å². The van der Waals surface area contributed by atoms with E-state index in [9.17, 15) is 13.2 Å². The van der Waals surface area contributed by atoms with Crippen molar-refractivity contribution >= 4 is 45.6 Å². The van der Waals surface area contributed by atoms with Crippen LogP contribution in [0.1, 0.15) is 26.7 Å². The minimum atomic E-state index is -3.41. The van der Waals surface area contributed by atoms with E-state index in [2.05, 4.69) is 10.8 Å². The summed E-state index contributed by atoms with van der Waals surface area (Å²) >= 11 is 0. The van der Waals surface area contributed by atoms with Crippen LogP contribution in [0.15, 0.2) is 12.2 Å². The van der Waals surface area contributed by atoms with Crippen molar-refractivity contribution in [1.29, 1.82) is 0 Å². The molecule has 0 fully saturated rings. The van der Waals surface area contributed by atoms with E-state index in [0.29, 0.717) is 18.4 Å². The molecule has 0 aromatic rings. The number of hydrogen-bond donors (Lipinski definition) is 0. The Morgan fingerprint density at radius 3 is 2.35 bits per heavy atom. The number of carbonyl (C=O) groups is 1. The fourth-order valence-electron chi connectivity index (χ4n) is 0.842. The van der Waals surface area contributed by atoms with Gasteiger partial charge in [-0.15, -0.1) is 0 Å². The Morgan fingerprint density at radius 2 is 1.88 bits per heavy atom. The molecule has 0 saturated heterocycles. The normalized spacial score (nSPS) is 10.5. The first-order valence-electron chi connectivity index (χ1n) is 5.08. The van der Waals surface area contributed by atoms with Crippen LogP contribution in [0.25, 0.3) is 0 Å². The molecule has 96 valence electrons. The molecule has 0 aliphatic heterocycles. The van der Waals surface area contributed by atoms with Crippen molar-refractivity contribution in [2.75, 3.05) is 19.0 Å². The van der Waals surface area contributed by atoms with Gasteiger partial charge in [0.2, 0.25) is 0 Å². The van der Waals surface area contributed by atoms with Gasteiger partial charge in [-0.3, -0.25) is 4.18 Å². The van der Waals surface area contributed by atoms with Crippen LogP contribution in [0.4, 0.5) is 0 Å². The summed E-state index contributed by atoms with van der Waals surface area (Å²) in [5.41, 5.74) is 0.319. The fraction of sp³-hybridized carbons (Fsp3) is 0.700. The van der Waals surface area contributed by atoms with Gasteiger partial charge in [-0.1, -0.05) is 13.5 Å². The molecule has 0 radical (unpaired) electrons. The zero-order valence-electron chi connectivity index (χ0n) is 9.69. The molecule has 0 unspecified atom stereocenters. The van der Waals surface area contributed by atoms with Crippen LogP contribution in [0.5, 0.6) is 0 Å². The Morgan fingerprint density at radius 1 is 1.29 bits per heavy atom. The van der Waals surface area contributed by atoms with Crippen molar-refractivity contribution in [2.45, 2.75) is 26.7 Å². The van der Waals surface area contributed by atoms with Gasteiger partial charge in [0.05, 0.1) is 19.0 Å². The van der Waals surface area contributed by atoms with Crippen LogP contribution in [-0.2, 0) is 23.8 Å². The van der Waals surface area contributed by atoms with E-state index in [1.165, 1.54) is 0 Å². The quantitative estimate of drug-likeness (QED) is 0.213. The summed E-state index contributed by atoms with van der Waals surface area (Å²) in [5, 5.41) is 0. The Kier molecular flexibility index (Phi) is 11.5. The molecule has 5 nitrogen and oxygen atoms in total. The maximum atomic E-state index is 11.1. The molecule has 7 heteroatoms. The molecule has 0 rings (SSSR count). The summed E-state index contributed by atoms with van der Waals surface area (Å²) in [4.78, 5) is 10.9. The monoisotopic (exact) mass is 274 g/mol. The van der Waals surface area contributed by atoms with E-state index >= 15 is 0 Å². The number of carbonyl (C=O) groups excluding carboxylic acids is 1. The van der Waals surface area contributed by atoms with Gasteiger partial charge in [0.1, 0.15) is 0 Å². The summed E-state index contributed by atoms with van der Waals surface area (Å²) < 4.78 is 31.6. The van der Waals surface area contributed by atoms with E-state index in [-0.39, 0.29) is 48.5 Å². The summed E-state index contributed by atoms with van der Waals surface area (Å²) in [6.45, 7) is 6.89. The van der Waals surface area contributed by atoms with Crippen LogP contribution in [0.2, 0.25) is 0 Å². The molecule has 0 heterocycles. The van der Waals surface area contributed by atoms with Gasteiger partial charge in [-0.2, -0.15) is 8.42 Å². The average molecular weight is 274 g/mol. The Labute approximate surface area is 125 Å². The van der Waals surface area contributed by atoms with Crippen LogP contribution >= 0.6 is 0 Å². The predicted molar refractivity (Wildman–Crippen MR) is 67.6 cm³/mol. The molecule has 0 N–H and O–H groups in total. The maximum absolute atomic E-state index is 11.1. The van der Waals surface area contributed by atoms with E-state index in [0.717, 1.165) is 0 Å². The molecular formula is C10H19NaO5S. The third-order valence-corrected chi connectivity index (χ3v) is 3.02. The van der Waals surface area contributed by atoms with Gasteiger partial charge >= 0.3 is 35.5 Å². The van der Waals surface area contributed by atoms with Gasteiger partial charge in [-0.25, -0.2) is 4.79 Å². The van der Waals surface area contributed by atoms with Crippen molar-refractivity contribution in [3.8, 4) is 0 Å². The Balaban J connectivity index is 0. The van der Waals surface area contributed by atoms with Crippen molar-refractivity contribution in [3.63, 3.8) is 0 Å². The third-order valence-electron chi connectivity index (χ3n) is 1.59. The SMILES string of the molecule is C=C(C)C(=O)OCCCOS(=O)(=O)CCC.[NaH]. The first-order valence-corrected chi connectivity index (χ1v) is 6.66. The van der Waals surface area contributed by atoms with Crippen LogP contribution in [0, 0.1) is 0 Å². The number of ether oxygens (including phenoxy) is 1. The molecule has 0 spiro atoms. The summed E-state index contributed by atoms with van der Waals surface area (Å²) in [5.74, 6) is -0.463. The second-order valence-corrected chi connectivity index (χ2v) is 5.11. The fourth-order valence-corrected chi connectivity index (χ4v) is 1.83. The Bertz CT molecular complexity index is 337. The molecule has 0 aromatic carbocycles. The third kappa shape index (κ3) is 11.0. The number of hydrogen-bond acceptors (Lipinski definition) is 5. The number of rotatable bonds is 8.